The average molecular weight is 293 g/mol. The molecule has 21 heavy (non-hydrogen) atoms. The van der Waals surface area contributed by atoms with Gasteiger partial charge in [0.2, 0.25) is 0 Å². The Morgan fingerprint density at radius 1 is 1.43 bits per heavy atom. The van der Waals surface area contributed by atoms with Crippen LogP contribution >= 0.6 is 0 Å². The van der Waals surface area contributed by atoms with Gasteiger partial charge in [0.1, 0.15) is 0 Å². The molecule has 2 saturated heterocycles. The Kier molecular flexibility index (Phi) is 4.45. The van der Waals surface area contributed by atoms with E-state index in [2.05, 4.69) is 12.2 Å². The molecule has 116 valence electrons. The van der Waals surface area contributed by atoms with E-state index in [1.54, 1.807) is 12.1 Å². The van der Waals surface area contributed by atoms with Gasteiger partial charge in [-0.15, -0.1) is 0 Å². The van der Waals surface area contributed by atoms with Crippen molar-refractivity contribution >= 4 is 0 Å². The van der Waals surface area contributed by atoms with Gasteiger partial charge in [-0.3, -0.25) is 0 Å². The number of methoxy groups -OCH3 is 1. The molecule has 3 rings (SSSR count). The summed E-state index contributed by atoms with van der Waals surface area (Å²) in [6.45, 7) is 3.09. The third-order valence-electron chi connectivity index (χ3n) is 4.73. The molecule has 4 heteroatoms. The fraction of sp³-hybridized carbons (Fsp3) is 0.647. The molecule has 3 nitrogen and oxygen atoms in total. The minimum absolute atomic E-state index is 0.167. The first-order valence-corrected chi connectivity index (χ1v) is 7.95. The molecule has 2 heterocycles. The summed E-state index contributed by atoms with van der Waals surface area (Å²) in [5.41, 5.74) is 1.00. The van der Waals surface area contributed by atoms with Gasteiger partial charge in [-0.25, -0.2) is 4.39 Å². The molecule has 4 atom stereocenters. The van der Waals surface area contributed by atoms with E-state index in [1.807, 2.05) is 6.07 Å². The lowest BCUT2D eigenvalue weighted by Crippen LogP contribution is -2.34. The third kappa shape index (κ3) is 2.92. The summed E-state index contributed by atoms with van der Waals surface area (Å²) in [7, 11) is 1.49. The normalized spacial score (nSPS) is 28.8. The smallest absolute Gasteiger partial charge is 0.165 e. The zero-order valence-electron chi connectivity index (χ0n) is 12.8. The molecule has 0 aromatic heterocycles. The number of rotatable bonds is 6. The maximum atomic E-state index is 14.0. The summed E-state index contributed by atoms with van der Waals surface area (Å²) in [5.74, 6) is 0.461. The van der Waals surface area contributed by atoms with Crippen molar-refractivity contribution in [1.82, 2.24) is 5.32 Å². The highest BCUT2D eigenvalue weighted by Crippen LogP contribution is 2.45. The number of nitrogens with one attached hydrogen (secondary N) is 1. The minimum Gasteiger partial charge on any atom is -0.494 e. The lowest BCUT2D eigenvalue weighted by atomic mass is 9.81. The van der Waals surface area contributed by atoms with Crippen LogP contribution in [0.1, 0.15) is 44.2 Å². The Labute approximate surface area is 125 Å². The minimum atomic E-state index is -0.289. The Morgan fingerprint density at radius 2 is 2.29 bits per heavy atom. The summed E-state index contributed by atoms with van der Waals surface area (Å²) in [5, 5.41) is 3.59. The molecule has 2 aliphatic heterocycles. The van der Waals surface area contributed by atoms with Gasteiger partial charge in [-0.1, -0.05) is 13.0 Å². The number of fused-ring (bicyclic) bond motifs is 2. The first kappa shape index (κ1) is 14.8. The van der Waals surface area contributed by atoms with Crippen LogP contribution in [0.2, 0.25) is 0 Å². The van der Waals surface area contributed by atoms with Crippen LogP contribution in [-0.4, -0.2) is 25.9 Å². The predicted molar refractivity (Wildman–Crippen MR) is 80.0 cm³/mol. The van der Waals surface area contributed by atoms with Crippen molar-refractivity contribution in [3.05, 3.63) is 29.6 Å². The van der Waals surface area contributed by atoms with Crippen LogP contribution < -0.4 is 10.1 Å². The average Bonchev–Trinajstić information content (AvgIpc) is 3.11. The molecule has 0 aliphatic carbocycles. The molecule has 0 spiro atoms. The Bertz CT molecular complexity index is 494. The van der Waals surface area contributed by atoms with Crippen LogP contribution in [0, 0.1) is 11.7 Å². The molecule has 0 radical (unpaired) electrons. The molecule has 0 saturated carbocycles. The van der Waals surface area contributed by atoms with E-state index in [4.69, 9.17) is 9.47 Å². The van der Waals surface area contributed by atoms with Crippen LogP contribution in [0.3, 0.4) is 0 Å². The van der Waals surface area contributed by atoms with Crippen molar-refractivity contribution in [1.29, 1.82) is 0 Å². The lowest BCUT2D eigenvalue weighted by molar-refractivity contribution is 0.0856. The van der Waals surface area contributed by atoms with Crippen molar-refractivity contribution in [3.63, 3.8) is 0 Å². The summed E-state index contributed by atoms with van der Waals surface area (Å²) < 4.78 is 25.0. The van der Waals surface area contributed by atoms with Crippen LogP contribution in [-0.2, 0) is 4.74 Å². The van der Waals surface area contributed by atoms with Crippen LogP contribution in [0.25, 0.3) is 0 Å². The second-order valence-corrected chi connectivity index (χ2v) is 6.10. The van der Waals surface area contributed by atoms with Gasteiger partial charge in [0, 0.05) is 12.0 Å². The molecule has 0 amide bonds. The van der Waals surface area contributed by atoms with E-state index in [0.29, 0.717) is 23.9 Å². The number of hydrogen-bond donors (Lipinski definition) is 1. The fourth-order valence-electron chi connectivity index (χ4n) is 3.72. The van der Waals surface area contributed by atoms with Gasteiger partial charge in [-0.2, -0.15) is 0 Å². The van der Waals surface area contributed by atoms with Gasteiger partial charge in [0.25, 0.3) is 0 Å². The molecular weight excluding hydrogens is 269 g/mol. The largest absolute Gasteiger partial charge is 0.494 e. The zero-order valence-corrected chi connectivity index (χ0v) is 12.8. The van der Waals surface area contributed by atoms with E-state index in [-0.39, 0.29) is 11.9 Å². The number of benzene rings is 1. The monoisotopic (exact) mass is 293 g/mol. The standard InChI is InChI=1S/C17H24FNO2/c1-3-8-19-17(13-10-12-5-7-15(13)21-12)11-4-6-16(20-2)14(18)9-11/h4,6,9,12-13,15,17,19H,3,5,7-8,10H2,1-2H3. The third-order valence-corrected chi connectivity index (χ3v) is 4.73. The second-order valence-electron chi connectivity index (χ2n) is 6.10. The Hall–Kier alpha value is -1.13. The van der Waals surface area contributed by atoms with E-state index < -0.39 is 0 Å². The van der Waals surface area contributed by atoms with Crippen LogP contribution in [0.5, 0.6) is 5.75 Å². The van der Waals surface area contributed by atoms with Gasteiger partial charge >= 0.3 is 0 Å². The quantitative estimate of drug-likeness (QED) is 0.871. The molecule has 2 fully saturated rings. The van der Waals surface area contributed by atoms with Crippen molar-refractivity contribution in [2.24, 2.45) is 5.92 Å². The van der Waals surface area contributed by atoms with E-state index >= 15 is 0 Å². The van der Waals surface area contributed by atoms with Crippen molar-refractivity contribution in [2.75, 3.05) is 13.7 Å². The van der Waals surface area contributed by atoms with Crippen molar-refractivity contribution in [2.45, 2.75) is 50.9 Å². The first-order chi connectivity index (χ1) is 10.2. The van der Waals surface area contributed by atoms with Crippen molar-refractivity contribution in [3.8, 4) is 5.75 Å². The Morgan fingerprint density at radius 3 is 2.86 bits per heavy atom. The predicted octanol–water partition coefficient (Wildman–Crippen LogP) is 3.44. The molecule has 1 aromatic rings. The summed E-state index contributed by atoms with van der Waals surface area (Å²) in [6, 6.07) is 5.47. The fourth-order valence-corrected chi connectivity index (χ4v) is 3.72. The molecular formula is C17H24FNO2. The lowest BCUT2D eigenvalue weighted by Gasteiger charge is -2.30. The summed E-state index contributed by atoms with van der Waals surface area (Å²) >= 11 is 0. The highest BCUT2D eigenvalue weighted by Gasteiger charge is 2.44. The number of ether oxygens (including phenoxy) is 2. The molecule has 4 unspecified atom stereocenters. The van der Waals surface area contributed by atoms with E-state index in [9.17, 15) is 4.39 Å². The SMILES string of the molecule is CCCNC(c1ccc(OC)c(F)c1)C1CC2CCC1O2. The first-order valence-electron chi connectivity index (χ1n) is 7.95. The van der Waals surface area contributed by atoms with Crippen molar-refractivity contribution < 1.29 is 13.9 Å². The summed E-state index contributed by atoms with van der Waals surface area (Å²) in [4.78, 5) is 0. The second kappa shape index (κ2) is 6.32. The maximum Gasteiger partial charge on any atom is 0.165 e. The van der Waals surface area contributed by atoms with E-state index in [0.717, 1.165) is 31.4 Å². The maximum absolute atomic E-state index is 14.0. The van der Waals surface area contributed by atoms with Crippen LogP contribution in [0.4, 0.5) is 4.39 Å². The van der Waals surface area contributed by atoms with Crippen LogP contribution in [0.15, 0.2) is 18.2 Å². The molecule has 1 aromatic carbocycles. The number of halogens is 1. The summed E-state index contributed by atoms with van der Waals surface area (Å²) in [6.07, 6.45) is 5.21. The zero-order chi connectivity index (χ0) is 14.8. The van der Waals surface area contributed by atoms with Gasteiger partial charge in [0.15, 0.2) is 11.6 Å². The highest BCUT2D eigenvalue weighted by atomic mass is 19.1. The Balaban J connectivity index is 1.83. The molecule has 1 N–H and O–H groups in total. The number of hydrogen-bond acceptors (Lipinski definition) is 3. The molecule has 2 bridgehead atoms. The molecule has 2 aliphatic rings. The topological polar surface area (TPSA) is 30.5 Å². The van der Waals surface area contributed by atoms with E-state index in [1.165, 1.54) is 13.5 Å². The van der Waals surface area contributed by atoms with Gasteiger partial charge < -0.3 is 14.8 Å². The van der Waals surface area contributed by atoms with Gasteiger partial charge in [-0.05, 0) is 49.9 Å². The highest BCUT2D eigenvalue weighted by molar-refractivity contribution is 5.31. The van der Waals surface area contributed by atoms with Gasteiger partial charge in [0.05, 0.1) is 19.3 Å².